The number of ether oxygens (including phenoxy) is 1. The summed E-state index contributed by atoms with van der Waals surface area (Å²) in [7, 11) is 1.29. The van der Waals surface area contributed by atoms with Gasteiger partial charge in [0.2, 0.25) is 0 Å². The average molecular weight is 179 g/mol. The number of methoxy groups -OCH3 is 1. The molecule has 0 aromatic heterocycles. The van der Waals surface area contributed by atoms with Gasteiger partial charge in [-0.25, -0.2) is 4.79 Å². The zero-order chi connectivity index (χ0) is 9.68. The molecule has 3 heteroatoms. The van der Waals surface area contributed by atoms with Crippen molar-refractivity contribution in [1.29, 1.82) is 5.26 Å². The van der Waals surface area contributed by atoms with Crippen molar-refractivity contribution in [3.8, 4) is 6.07 Å². The van der Waals surface area contributed by atoms with Crippen LogP contribution in [0.2, 0.25) is 0 Å². The van der Waals surface area contributed by atoms with E-state index < -0.39 is 5.97 Å². The van der Waals surface area contributed by atoms with Crippen LogP contribution in [0.15, 0.2) is 11.6 Å². The van der Waals surface area contributed by atoms with Gasteiger partial charge in [-0.2, -0.15) is 5.26 Å². The number of carbonyl (C=O) groups excluding carboxylic acids is 1. The Morgan fingerprint density at radius 3 is 2.62 bits per heavy atom. The lowest BCUT2D eigenvalue weighted by molar-refractivity contribution is -0.135. The van der Waals surface area contributed by atoms with Gasteiger partial charge in [0.15, 0.2) is 0 Å². The van der Waals surface area contributed by atoms with E-state index in [1.165, 1.54) is 20.0 Å². The van der Waals surface area contributed by atoms with Crippen molar-refractivity contribution in [2.24, 2.45) is 5.92 Å². The van der Waals surface area contributed by atoms with Gasteiger partial charge < -0.3 is 4.74 Å². The predicted octanol–water partition coefficient (Wildman–Crippen LogP) is 1.80. The Morgan fingerprint density at radius 2 is 2.15 bits per heavy atom. The zero-order valence-corrected chi connectivity index (χ0v) is 7.75. The molecule has 0 aromatic carbocycles. The lowest BCUT2D eigenvalue weighted by atomic mass is 10.0. The van der Waals surface area contributed by atoms with Crippen LogP contribution in [0, 0.1) is 17.2 Å². The third kappa shape index (κ3) is 2.59. The number of nitriles is 1. The summed E-state index contributed by atoms with van der Waals surface area (Å²) in [6.07, 6.45) is 6.31. The number of hydrogen-bond donors (Lipinski definition) is 0. The van der Waals surface area contributed by atoms with Crippen LogP contribution in [0.3, 0.4) is 0 Å². The van der Waals surface area contributed by atoms with Crippen molar-refractivity contribution in [1.82, 2.24) is 0 Å². The van der Waals surface area contributed by atoms with Gasteiger partial charge in [-0.05, 0) is 18.8 Å². The van der Waals surface area contributed by atoms with E-state index in [0.717, 1.165) is 12.8 Å². The van der Waals surface area contributed by atoms with Crippen LogP contribution in [0.25, 0.3) is 0 Å². The number of carbonyl (C=O) groups is 1. The molecule has 3 nitrogen and oxygen atoms in total. The molecule has 70 valence electrons. The summed E-state index contributed by atoms with van der Waals surface area (Å²) < 4.78 is 4.48. The topological polar surface area (TPSA) is 50.1 Å². The number of esters is 1. The highest BCUT2D eigenvalue weighted by Gasteiger charge is 2.16. The van der Waals surface area contributed by atoms with Crippen molar-refractivity contribution in [2.45, 2.75) is 25.7 Å². The Morgan fingerprint density at radius 1 is 1.54 bits per heavy atom. The van der Waals surface area contributed by atoms with E-state index >= 15 is 0 Å². The fourth-order valence-electron chi connectivity index (χ4n) is 1.62. The normalized spacial score (nSPS) is 18.3. The molecule has 0 aromatic rings. The third-order valence-electron chi connectivity index (χ3n) is 2.33. The summed E-state index contributed by atoms with van der Waals surface area (Å²) >= 11 is 0. The summed E-state index contributed by atoms with van der Waals surface area (Å²) in [6, 6.07) is 1.87. The molecule has 0 unspecified atom stereocenters. The first-order valence-electron chi connectivity index (χ1n) is 4.48. The van der Waals surface area contributed by atoms with Gasteiger partial charge in [0.1, 0.15) is 11.6 Å². The Bertz CT molecular complexity index is 257. The van der Waals surface area contributed by atoms with Crippen LogP contribution in [0.1, 0.15) is 25.7 Å². The first kappa shape index (κ1) is 9.79. The number of nitrogens with zero attached hydrogens (tertiary/aromatic N) is 1. The monoisotopic (exact) mass is 179 g/mol. The number of rotatable bonds is 2. The molecule has 0 radical (unpaired) electrons. The van der Waals surface area contributed by atoms with E-state index in [9.17, 15) is 4.79 Å². The van der Waals surface area contributed by atoms with E-state index in [1.54, 1.807) is 6.08 Å². The van der Waals surface area contributed by atoms with Crippen molar-refractivity contribution in [3.63, 3.8) is 0 Å². The largest absolute Gasteiger partial charge is 0.465 e. The molecule has 1 rings (SSSR count). The first-order chi connectivity index (χ1) is 6.27. The van der Waals surface area contributed by atoms with Crippen LogP contribution in [0.4, 0.5) is 0 Å². The van der Waals surface area contributed by atoms with Crippen molar-refractivity contribution in [2.75, 3.05) is 7.11 Å². The molecule has 0 bridgehead atoms. The second-order valence-electron chi connectivity index (χ2n) is 3.23. The van der Waals surface area contributed by atoms with Gasteiger partial charge in [0, 0.05) is 0 Å². The molecule has 1 saturated carbocycles. The van der Waals surface area contributed by atoms with E-state index in [-0.39, 0.29) is 5.57 Å². The second-order valence-corrected chi connectivity index (χ2v) is 3.23. The van der Waals surface area contributed by atoms with Gasteiger partial charge >= 0.3 is 5.97 Å². The van der Waals surface area contributed by atoms with Crippen LogP contribution < -0.4 is 0 Å². The SMILES string of the molecule is COC(=O)C(C#N)=CC1CCCC1. The molecular formula is C10H13NO2. The Labute approximate surface area is 78.0 Å². The van der Waals surface area contributed by atoms with Crippen LogP contribution in [-0.2, 0) is 9.53 Å². The van der Waals surface area contributed by atoms with Crippen molar-refractivity contribution < 1.29 is 9.53 Å². The minimum absolute atomic E-state index is 0.148. The molecule has 0 N–H and O–H groups in total. The van der Waals surface area contributed by atoms with Gasteiger partial charge in [0.25, 0.3) is 0 Å². The number of allylic oxidation sites excluding steroid dienone is 1. The summed E-state index contributed by atoms with van der Waals surface area (Å²) in [4.78, 5) is 11.0. The maximum Gasteiger partial charge on any atom is 0.348 e. The second kappa shape index (κ2) is 4.66. The molecule has 1 fully saturated rings. The van der Waals surface area contributed by atoms with Crippen molar-refractivity contribution in [3.05, 3.63) is 11.6 Å². The Balaban J connectivity index is 2.65. The third-order valence-corrected chi connectivity index (χ3v) is 2.33. The summed E-state index contributed by atoms with van der Waals surface area (Å²) in [6.45, 7) is 0. The molecule has 1 aliphatic carbocycles. The lowest BCUT2D eigenvalue weighted by Gasteiger charge is -2.01. The minimum Gasteiger partial charge on any atom is -0.465 e. The van der Waals surface area contributed by atoms with Crippen LogP contribution >= 0.6 is 0 Å². The molecule has 0 heterocycles. The molecule has 13 heavy (non-hydrogen) atoms. The first-order valence-corrected chi connectivity index (χ1v) is 4.48. The van der Waals surface area contributed by atoms with Gasteiger partial charge in [-0.1, -0.05) is 18.9 Å². The predicted molar refractivity (Wildman–Crippen MR) is 47.7 cm³/mol. The quantitative estimate of drug-likeness (QED) is 0.369. The fraction of sp³-hybridized carbons (Fsp3) is 0.600. The lowest BCUT2D eigenvalue weighted by Crippen LogP contribution is -2.04. The molecule has 0 atom stereocenters. The average Bonchev–Trinajstić information content (AvgIpc) is 2.65. The van der Waals surface area contributed by atoms with E-state index in [0.29, 0.717) is 5.92 Å². The van der Waals surface area contributed by atoms with Crippen molar-refractivity contribution >= 4 is 5.97 Å². The van der Waals surface area contributed by atoms with E-state index in [1.807, 2.05) is 6.07 Å². The zero-order valence-electron chi connectivity index (χ0n) is 7.75. The molecule has 0 aliphatic heterocycles. The van der Waals surface area contributed by atoms with Gasteiger partial charge in [-0.15, -0.1) is 0 Å². The molecular weight excluding hydrogens is 166 g/mol. The standard InChI is InChI=1S/C10H13NO2/c1-13-10(12)9(7-11)6-8-4-2-3-5-8/h6,8H,2-5H2,1H3. The molecule has 0 saturated heterocycles. The number of hydrogen-bond acceptors (Lipinski definition) is 3. The minimum atomic E-state index is -0.519. The molecule has 0 spiro atoms. The summed E-state index contributed by atoms with van der Waals surface area (Å²) in [5.74, 6) is -0.122. The summed E-state index contributed by atoms with van der Waals surface area (Å²) in [5, 5.41) is 8.67. The Hall–Kier alpha value is -1.30. The highest BCUT2D eigenvalue weighted by molar-refractivity contribution is 5.92. The molecule has 0 amide bonds. The smallest absolute Gasteiger partial charge is 0.348 e. The van der Waals surface area contributed by atoms with E-state index in [2.05, 4.69) is 4.74 Å². The van der Waals surface area contributed by atoms with Crippen LogP contribution in [0.5, 0.6) is 0 Å². The van der Waals surface area contributed by atoms with Crippen LogP contribution in [-0.4, -0.2) is 13.1 Å². The Kier molecular flexibility index (Phi) is 3.51. The highest BCUT2D eigenvalue weighted by Crippen LogP contribution is 2.26. The van der Waals surface area contributed by atoms with Gasteiger partial charge in [0.05, 0.1) is 7.11 Å². The van der Waals surface area contributed by atoms with E-state index in [4.69, 9.17) is 5.26 Å². The molecule has 1 aliphatic rings. The van der Waals surface area contributed by atoms with Gasteiger partial charge in [-0.3, -0.25) is 0 Å². The fourth-order valence-corrected chi connectivity index (χ4v) is 1.62. The summed E-state index contributed by atoms with van der Waals surface area (Å²) in [5.41, 5.74) is 0.148. The highest BCUT2D eigenvalue weighted by atomic mass is 16.5. The maximum atomic E-state index is 11.0. The maximum absolute atomic E-state index is 11.0.